The van der Waals surface area contributed by atoms with Gasteiger partial charge in [-0.2, -0.15) is 0 Å². The molecule has 0 unspecified atom stereocenters. The summed E-state index contributed by atoms with van der Waals surface area (Å²) in [5.74, 6) is 0. The standard InChI is InChI=1S/C12H15ClN2/c1-8-6-5-7-9-10(8)14-11(13)15(9)12(2,3)4/h5-7H,1-4H3. The lowest BCUT2D eigenvalue weighted by atomic mass is 10.1. The molecule has 0 saturated carbocycles. The summed E-state index contributed by atoms with van der Waals surface area (Å²) < 4.78 is 2.07. The van der Waals surface area contributed by atoms with Gasteiger partial charge in [-0.15, -0.1) is 0 Å². The van der Waals surface area contributed by atoms with Gasteiger partial charge in [0.2, 0.25) is 5.28 Å². The van der Waals surface area contributed by atoms with Gasteiger partial charge in [0.15, 0.2) is 0 Å². The lowest BCUT2D eigenvalue weighted by molar-refractivity contribution is 0.409. The van der Waals surface area contributed by atoms with E-state index in [1.54, 1.807) is 0 Å². The van der Waals surface area contributed by atoms with E-state index in [0.29, 0.717) is 5.28 Å². The van der Waals surface area contributed by atoms with Gasteiger partial charge in [-0.1, -0.05) is 12.1 Å². The van der Waals surface area contributed by atoms with Crippen molar-refractivity contribution < 1.29 is 0 Å². The summed E-state index contributed by atoms with van der Waals surface area (Å²) in [5.41, 5.74) is 3.22. The predicted molar refractivity (Wildman–Crippen MR) is 64.5 cm³/mol. The number of rotatable bonds is 0. The average molecular weight is 223 g/mol. The van der Waals surface area contributed by atoms with Gasteiger partial charge in [0.25, 0.3) is 0 Å². The molecule has 0 spiro atoms. The van der Waals surface area contributed by atoms with Crippen LogP contribution >= 0.6 is 11.6 Å². The fraction of sp³-hybridized carbons (Fsp3) is 0.417. The molecule has 1 aromatic heterocycles. The molecule has 15 heavy (non-hydrogen) atoms. The summed E-state index contributed by atoms with van der Waals surface area (Å²) >= 11 is 6.18. The highest BCUT2D eigenvalue weighted by molar-refractivity contribution is 6.29. The third kappa shape index (κ3) is 1.63. The number of aromatic nitrogens is 2. The van der Waals surface area contributed by atoms with Crippen molar-refractivity contribution in [1.82, 2.24) is 9.55 Å². The molecule has 3 heteroatoms. The number of nitrogens with zero attached hydrogens (tertiary/aromatic N) is 2. The van der Waals surface area contributed by atoms with E-state index in [1.165, 1.54) is 0 Å². The molecule has 0 aliphatic carbocycles. The van der Waals surface area contributed by atoms with Gasteiger partial charge < -0.3 is 4.57 Å². The maximum absolute atomic E-state index is 6.18. The minimum atomic E-state index is -0.0420. The van der Waals surface area contributed by atoms with Crippen molar-refractivity contribution in [2.45, 2.75) is 33.2 Å². The normalized spacial score (nSPS) is 12.3. The molecule has 0 radical (unpaired) electrons. The summed E-state index contributed by atoms with van der Waals surface area (Å²) in [7, 11) is 0. The van der Waals surface area contributed by atoms with E-state index in [9.17, 15) is 0 Å². The molecule has 0 saturated heterocycles. The number of hydrogen-bond donors (Lipinski definition) is 0. The molecule has 2 rings (SSSR count). The Balaban J connectivity index is 2.86. The van der Waals surface area contributed by atoms with Crippen LogP contribution < -0.4 is 0 Å². The molecule has 0 aliphatic heterocycles. The highest BCUT2D eigenvalue weighted by Gasteiger charge is 2.20. The van der Waals surface area contributed by atoms with Crippen LogP contribution in [0.5, 0.6) is 0 Å². The Kier molecular flexibility index (Phi) is 2.27. The van der Waals surface area contributed by atoms with Crippen molar-refractivity contribution in [2.75, 3.05) is 0 Å². The van der Waals surface area contributed by atoms with Gasteiger partial charge in [-0.25, -0.2) is 4.98 Å². The molecule has 1 aromatic carbocycles. The average Bonchev–Trinajstić information content (AvgIpc) is 2.41. The Labute approximate surface area is 94.9 Å². The van der Waals surface area contributed by atoms with Crippen molar-refractivity contribution in [2.24, 2.45) is 0 Å². The molecule has 1 heterocycles. The fourth-order valence-corrected chi connectivity index (χ4v) is 2.28. The van der Waals surface area contributed by atoms with Crippen LogP contribution in [0.25, 0.3) is 11.0 Å². The molecule has 2 aromatic rings. The van der Waals surface area contributed by atoms with E-state index in [0.717, 1.165) is 16.6 Å². The van der Waals surface area contributed by atoms with E-state index in [-0.39, 0.29) is 5.54 Å². The largest absolute Gasteiger partial charge is 0.309 e. The SMILES string of the molecule is Cc1cccc2c1nc(Cl)n2C(C)(C)C. The van der Waals surface area contributed by atoms with Crippen LogP contribution in [0.2, 0.25) is 5.28 Å². The summed E-state index contributed by atoms with van der Waals surface area (Å²) in [6, 6.07) is 6.16. The van der Waals surface area contributed by atoms with Crippen molar-refractivity contribution in [3.8, 4) is 0 Å². The first-order valence-corrected chi connectivity index (χ1v) is 5.43. The molecular weight excluding hydrogens is 208 g/mol. The first kappa shape index (κ1) is 10.5. The van der Waals surface area contributed by atoms with E-state index in [2.05, 4.69) is 49.4 Å². The summed E-state index contributed by atoms with van der Waals surface area (Å²) in [6.07, 6.45) is 0. The van der Waals surface area contributed by atoms with Crippen LogP contribution in [0, 0.1) is 6.92 Å². The van der Waals surface area contributed by atoms with Crippen molar-refractivity contribution in [3.05, 3.63) is 29.0 Å². The fourth-order valence-electron chi connectivity index (χ4n) is 1.85. The molecule has 0 amide bonds. The maximum Gasteiger partial charge on any atom is 0.204 e. The highest BCUT2D eigenvalue weighted by Crippen LogP contribution is 2.28. The number of benzene rings is 1. The molecule has 0 atom stereocenters. The Morgan fingerprint density at radius 2 is 1.93 bits per heavy atom. The number of imidazole rings is 1. The van der Waals surface area contributed by atoms with Gasteiger partial charge in [0.1, 0.15) is 0 Å². The molecule has 0 N–H and O–H groups in total. The monoisotopic (exact) mass is 222 g/mol. The summed E-state index contributed by atoms with van der Waals surface area (Å²) in [4.78, 5) is 4.41. The Morgan fingerprint density at radius 3 is 2.53 bits per heavy atom. The number of halogens is 1. The van der Waals surface area contributed by atoms with E-state index < -0.39 is 0 Å². The van der Waals surface area contributed by atoms with Crippen molar-refractivity contribution >= 4 is 22.6 Å². The summed E-state index contributed by atoms with van der Waals surface area (Å²) in [5, 5.41) is 0.562. The van der Waals surface area contributed by atoms with Crippen LogP contribution in [0.15, 0.2) is 18.2 Å². The zero-order chi connectivity index (χ0) is 11.2. The van der Waals surface area contributed by atoms with Gasteiger partial charge in [0.05, 0.1) is 11.0 Å². The molecule has 0 bridgehead atoms. The smallest absolute Gasteiger partial charge is 0.204 e. The van der Waals surface area contributed by atoms with E-state index in [1.807, 2.05) is 6.07 Å². The first-order chi connectivity index (χ1) is 6.91. The molecule has 0 fully saturated rings. The van der Waals surface area contributed by atoms with Crippen LogP contribution in [0.1, 0.15) is 26.3 Å². The molecule has 2 nitrogen and oxygen atoms in total. The zero-order valence-electron chi connectivity index (χ0n) is 9.50. The number of para-hydroxylation sites is 1. The topological polar surface area (TPSA) is 17.8 Å². The number of aryl methyl sites for hydroxylation is 1. The molecule has 0 aliphatic rings. The minimum absolute atomic E-state index is 0.0420. The van der Waals surface area contributed by atoms with Crippen LogP contribution in [-0.4, -0.2) is 9.55 Å². The zero-order valence-corrected chi connectivity index (χ0v) is 10.3. The lowest BCUT2D eigenvalue weighted by Crippen LogP contribution is -2.21. The minimum Gasteiger partial charge on any atom is -0.309 e. The Morgan fingerprint density at radius 1 is 1.27 bits per heavy atom. The van der Waals surface area contributed by atoms with Gasteiger partial charge >= 0.3 is 0 Å². The second-order valence-corrected chi connectivity index (χ2v) is 5.17. The molecular formula is C12H15ClN2. The maximum atomic E-state index is 6.18. The molecule has 80 valence electrons. The second-order valence-electron chi connectivity index (χ2n) is 4.83. The number of hydrogen-bond acceptors (Lipinski definition) is 1. The number of fused-ring (bicyclic) bond motifs is 1. The quantitative estimate of drug-likeness (QED) is 0.664. The van der Waals surface area contributed by atoms with Gasteiger partial charge in [0, 0.05) is 5.54 Å². The first-order valence-electron chi connectivity index (χ1n) is 5.05. The van der Waals surface area contributed by atoms with Crippen molar-refractivity contribution in [3.63, 3.8) is 0 Å². The van der Waals surface area contributed by atoms with Crippen LogP contribution in [-0.2, 0) is 5.54 Å². The third-order valence-electron chi connectivity index (χ3n) is 2.52. The summed E-state index contributed by atoms with van der Waals surface area (Å²) in [6.45, 7) is 8.44. The van der Waals surface area contributed by atoms with Crippen LogP contribution in [0.3, 0.4) is 0 Å². The van der Waals surface area contributed by atoms with Crippen LogP contribution in [0.4, 0.5) is 0 Å². The van der Waals surface area contributed by atoms with E-state index >= 15 is 0 Å². The van der Waals surface area contributed by atoms with Gasteiger partial charge in [-0.05, 0) is 50.9 Å². The Bertz CT molecular complexity index is 506. The lowest BCUT2D eigenvalue weighted by Gasteiger charge is -2.22. The van der Waals surface area contributed by atoms with Crippen molar-refractivity contribution in [1.29, 1.82) is 0 Å². The highest BCUT2D eigenvalue weighted by atomic mass is 35.5. The van der Waals surface area contributed by atoms with E-state index in [4.69, 9.17) is 11.6 Å². The van der Waals surface area contributed by atoms with Gasteiger partial charge in [-0.3, -0.25) is 0 Å². The predicted octanol–water partition coefficient (Wildman–Crippen LogP) is 3.75. The second kappa shape index (κ2) is 3.24. The third-order valence-corrected chi connectivity index (χ3v) is 2.77. The Hall–Kier alpha value is -1.02.